The van der Waals surface area contributed by atoms with Crippen molar-refractivity contribution in [1.29, 1.82) is 0 Å². The third kappa shape index (κ3) is 4.80. The summed E-state index contributed by atoms with van der Waals surface area (Å²) >= 11 is 9.41. The zero-order chi connectivity index (χ0) is 17.7. The number of rotatable bonds is 5. The number of aromatic nitrogens is 2. The average molecular weight is 413 g/mol. The molecule has 0 aliphatic rings. The first-order chi connectivity index (χ1) is 11.4. The number of carbonyl (C=O) groups excluding carboxylic acids is 1. The van der Waals surface area contributed by atoms with Gasteiger partial charge < -0.3 is 22.5 Å². The molecule has 8 nitrogen and oxygen atoms in total. The van der Waals surface area contributed by atoms with Crippen LogP contribution in [0.25, 0.3) is 0 Å². The molecule has 0 aliphatic carbocycles. The van der Waals surface area contributed by atoms with Gasteiger partial charge >= 0.3 is 5.91 Å². The van der Waals surface area contributed by atoms with E-state index < -0.39 is 11.9 Å². The Morgan fingerprint density at radius 1 is 1.25 bits per heavy atom. The van der Waals surface area contributed by atoms with Crippen molar-refractivity contribution in [3.05, 3.63) is 45.1 Å². The largest absolute Gasteiger partial charge is 0.382 e. The first-order valence-corrected chi connectivity index (χ1v) is 7.99. The third-order valence-electron chi connectivity index (χ3n) is 2.93. The SMILES string of the molecule is NC(N)=NC(=O)c1nc(Cl)c(NCCc2ccc(Br)cc2)nc1N. The first kappa shape index (κ1) is 18.0. The van der Waals surface area contributed by atoms with Crippen LogP contribution in [0.1, 0.15) is 16.1 Å². The number of hydrogen-bond donors (Lipinski definition) is 4. The van der Waals surface area contributed by atoms with E-state index in [1.54, 1.807) is 0 Å². The molecular formula is C14H15BrClN7O. The predicted molar refractivity (Wildman–Crippen MR) is 97.9 cm³/mol. The van der Waals surface area contributed by atoms with Crippen molar-refractivity contribution >= 4 is 51.0 Å². The number of aliphatic imine (C=N–C) groups is 1. The lowest BCUT2D eigenvalue weighted by atomic mass is 10.1. The molecule has 24 heavy (non-hydrogen) atoms. The Bertz CT molecular complexity index is 775. The summed E-state index contributed by atoms with van der Waals surface area (Å²) in [6, 6.07) is 7.93. The van der Waals surface area contributed by atoms with Crippen LogP contribution in [0.15, 0.2) is 33.7 Å². The molecule has 0 aliphatic heterocycles. The van der Waals surface area contributed by atoms with E-state index in [1.807, 2.05) is 24.3 Å². The molecule has 0 saturated carbocycles. The lowest BCUT2D eigenvalue weighted by Crippen LogP contribution is -2.25. The van der Waals surface area contributed by atoms with Gasteiger partial charge in [0.1, 0.15) is 0 Å². The van der Waals surface area contributed by atoms with Crippen molar-refractivity contribution < 1.29 is 4.79 Å². The molecule has 1 aromatic heterocycles. The van der Waals surface area contributed by atoms with Gasteiger partial charge in [0.05, 0.1) is 0 Å². The summed E-state index contributed by atoms with van der Waals surface area (Å²) in [6.45, 7) is 0.566. The van der Waals surface area contributed by atoms with Gasteiger partial charge in [0.2, 0.25) is 0 Å². The van der Waals surface area contributed by atoms with Crippen molar-refractivity contribution in [2.24, 2.45) is 16.5 Å². The molecule has 2 aromatic rings. The minimum atomic E-state index is -0.802. The van der Waals surface area contributed by atoms with Gasteiger partial charge in [-0.05, 0) is 24.1 Å². The summed E-state index contributed by atoms with van der Waals surface area (Å²) in [6.07, 6.45) is 0.750. The van der Waals surface area contributed by atoms with Crippen molar-refractivity contribution in [3.63, 3.8) is 0 Å². The molecule has 0 atom stereocenters. The van der Waals surface area contributed by atoms with E-state index in [2.05, 4.69) is 36.2 Å². The fraction of sp³-hybridized carbons (Fsp3) is 0.143. The second kappa shape index (κ2) is 7.93. The smallest absolute Gasteiger partial charge is 0.302 e. The second-order valence-corrected chi connectivity index (χ2v) is 6.02. The van der Waals surface area contributed by atoms with Gasteiger partial charge in [-0.3, -0.25) is 4.79 Å². The number of halogens is 2. The number of anilines is 2. The summed E-state index contributed by atoms with van der Waals surface area (Å²) in [5, 5.41) is 3.04. The van der Waals surface area contributed by atoms with Gasteiger partial charge in [0.25, 0.3) is 0 Å². The van der Waals surface area contributed by atoms with E-state index >= 15 is 0 Å². The number of nitrogens with one attached hydrogen (secondary N) is 1. The normalized spacial score (nSPS) is 10.2. The van der Waals surface area contributed by atoms with Crippen LogP contribution in [0.3, 0.4) is 0 Å². The number of amides is 1. The Morgan fingerprint density at radius 3 is 2.54 bits per heavy atom. The number of guanidine groups is 1. The Morgan fingerprint density at radius 2 is 1.92 bits per heavy atom. The van der Waals surface area contributed by atoms with E-state index in [4.69, 9.17) is 28.8 Å². The number of hydrogen-bond acceptors (Lipinski definition) is 5. The van der Waals surface area contributed by atoms with Crippen LogP contribution in [0.2, 0.25) is 5.15 Å². The minimum Gasteiger partial charge on any atom is -0.382 e. The van der Waals surface area contributed by atoms with Crippen LogP contribution < -0.4 is 22.5 Å². The molecule has 0 bridgehead atoms. The van der Waals surface area contributed by atoms with Gasteiger partial charge in [-0.2, -0.15) is 4.99 Å². The molecule has 0 unspecified atom stereocenters. The molecule has 0 spiro atoms. The maximum atomic E-state index is 11.8. The summed E-state index contributed by atoms with van der Waals surface area (Å²) < 4.78 is 1.02. The number of benzene rings is 1. The maximum Gasteiger partial charge on any atom is 0.302 e. The molecule has 10 heteroatoms. The van der Waals surface area contributed by atoms with Gasteiger partial charge in [0.15, 0.2) is 28.4 Å². The van der Waals surface area contributed by atoms with Crippen LogP contribution in [0, 0.1) is 0 Å². The van der Waals surface area contributed by atoms with Gasteiger partial charge in [-0.25, -0.2) is 9.97 Å². The maximum absolute atomic E-state index is 11.8. The highest BCUT2D eigenvalue weighted by atomic mass is 79.9. The molecule has 126 valence electrons. The monoisotopic (exact) mass is 411 g/mol. The van der Waals surface area contributed by atoms with Crippen LogP contribution >= 0.6 is 27.5 Å². The van der Waals surface area contributed by atoms with Crippen molar-refractivity contribution in [2.75, 3.05) is 17.6 Å². The van der Waals surface area contributed by atoms with E-state index in [0.29, 0.717) is 6.54 Å². The number of nitrogen functional groups attached to an aromatic ring is 1. The van der Waals surface area contributed by atoms with E-state index in [0.717, 1.165) is 16.5 Å². The Labute approximate surface area is 151 Å². The zero-order valence-corrected chi connectivity index (χ0v) is 14.8. The number of carbonyl (C=O) groups is 1. The molecule has 1 heterocycles. The van der Waals surface area contributed by atoms with E-state index in [-0.39, 0.29) is 22.5 Å². The van der Waals surface area contributed by atoms with Crippen molar-refractivity contribution in [1.82, 2.24) is 9.97 Å². The van der Waals surface area contributed by atoms with Crippen LogP contribution in [0.5, 0.6) is 0 Å². The fourth-order valence-corrected chi connectivity index (χ4v) is 2.30. The lowest BCUT2D eigenvalue weighted by molar-refractivity contribution is 0.0998. The molecule has 7 N–H and O–H groups in total. The quantitative estimate of drug-likeness (QED) is 0.430. The molecule has 2 rings (SSSR count). The fourth-order valence-electron chi connectivity index (χ4n) is 1.84. The van der Waals surface area contributed by atoms with Gasteiger partial charge in [0, 0.05) is 11.0 Å². The third-order valence-corrected chi connectivity index (χ3v) is 3.73. The van der Waals surface area contributed by atoms with Crippen molar-refractivity contribution in [2.45, 2.75) is 6.42 Å². The Balaban J connectivity index is 2.06. The highest BCUT2D eigenvalue weighted by Crippen LogP contribution is 2.21. The second-order valence-electron chi connectivity index (χ2n) is 4.74. The highest BCUT2D eigenvalue weighted by molar-refractivity contribution is 9.10. The molecule has 0 fully saturated rings. The Kier molecular flexibility index (Phi) is 5.93. The lowest BCUT2D eigenvalue weighted by Gasteiger charge is -2.09. The van der Waals surface area contributed by atoms with Crippen molar-refractivity contribution in [3.8, 4) is 0 Å². The summed E-state index contributed by atoms with van der Waals surface area (Å²) in [7, 11) is 0. The van der Waals surface area contributed by atoms with Crippen LogP contribution in [0.4, 0.5) is 11.6 Å². The molecule has 0 radical (unpaired) electrons. The number of nitrogens with two attached hydrogens (primary N) is 3. The molecule has 1 amide bonds. The highest BCUT2D eigenvalue weighted by Gasteiger charge is 2.16. The molecule has 1 aromatic carbocycles. The van der Waals surface area contributed by atoms with Gasteiger partial charge in [-0.1, -0.05) is 39.7 Å². The van der Waals surface area contributed by atoms with Gasteiger partial charge in [-0.15, -0.1) is 0 Å². The number of nitrogens with zero attached hydrogens (tertiary/aromatic N) is 3. The van der Waals surface area contributed by atoms with E-state index in [1.165, 1.54) is 0 Å². The Hall–Kier alpha value is -2.39. The summed E-state index contributed by atoms with van der Waals surface area (Å²) in [4.78, 5) is 23.1. The van der Waals surface area contributed by atoms with Crippen LogP contribution in [-0.2, 0) is 6.42 Å². The minimum absolute atomic E-state index is 0.00847. The first-order valence-electron chi connectivity index (χ1n) is 6.82. The standard InChI is InChI=1S/C14H15BrClN7O/c15-8-3-1-7(2-4-8)5-6-20-12-10(16)21-9(11(17)22-12)13(24)23-14(18)19/h1-4H,5-6H2,(H3,17,20,22)(H4,18,19,23,24). The van der Waals surface area contributed by atoms with Crippen LogP contribution in [-0.4, -0.2) is 28.4 Å². The predicted octanol–water partition coefficient (Wildman–Crippen LogP) is 1.54. The molecule has 0 saturated heterocycles. The molecular weight excluding hydrogens is 398 g/mol. The topological polar surface area (TPSA) is 145 Å². The average Bonchev–Trinajstić information content (AvgIpc) is 2.51. The summed E-state index contributed by atoms with van der Waals surface area (Å²) in [5.74, 6) is -1.02. The zero-order valence-electron chi connectivity index (χ0n) is 12.5. The summed E-state index contributed by atoms with van der Waals surface area (Å²) in [5.41, 5.74) is 17.0. The van der Waals surface area contributed by atoms with E-state index in [9.17, 15) is 4.79 Å².